The van der Waals surface area contributed by atoms with Crippen molar-refractivity contribution in [2.24, 2.45) is 5.92 Å². The van der Waals surface area contributed by atoms with Crippen LogP contribution in [-0.4, -0.2) is 16.1 Å². The molecule has 4 heteroatoms. The lowest BCUT2D eigenvalue weighted by molar-refractivity contribution is 0.0855. The number of hydrogen-bond acceptors (Lipinski definition) is 3. The summed E-state index contributed by atoms with van der Waals surface area (Å²) >= 11 is 5.99. The van der Waals surface area contributed by atoms with Gasteiger partial charge in [-0.1, -0.05) is 31.9 Å². The Balaban J connectivity index is 2.09. The molecular weight excluding hydrogens is 248 g/mol. The smallest absolute Gasteiger partial charge is 0.218 e. The summed E-state index contributed by atoms with van der Waals surface area (Å²) in [7, 11) is 0. The van der Waals surface area contributed by atoms with Crippen LogP contribution in [0.3, 0.4) is 0 Å². The SMILES string of the molecule is CCc1nc(Cl)cc(OC2CCCCC2CC)n1. The molecule has 1 fully saturated rings. The molecule has 0 aromatic carbocycles. The molecule has 0 saturated heterocycles. The molecule has 18 heavy (non-hydrogen) atoms. The minimum Gasteiger partial charge on any atom is -0.474 e. The molecule has 1 aliphatic rings. The van der Waals surface area contributed by atoms with Gasteiger partial charge in [-0.2, -0.15) is 4.98 Å². The number of ether oxygens (including phenoxy) is 1. The van der Waals surface area contributed by atoms with Crippen molar-refractivity contribution in [2.45, 2.75) is 58.5 Å². The Morgan fingerprint density at radius 1 is 1.28 bits per heavy atom. The van der Waals surface area contributed by atoms with Crippen molar-refractivity contribution >= 4 is 11.6 Å². The summed E-state index contributed by atoms with van der Waals surface area (Å²) in [6.07, 6.45) is 7.20. The first-order valence-electron chi connectivity index (χ1n) is 6.93. The summed E-state index contributed by atoms with van der Waals surface area (Å²) in [4.78, 5) is 8.56. The van der Waals surface area contributed by atoms with Gasteiger partial charge in [0.1, 0.15) is 17.1 Å². The summed E-state index contributed by atoms with van der Waals surface area (Å²) in [5.41, 5.74) is 0. The van der Waals surface area contributed by atoms with E-state index in [9.17, 15) is 0 Å². The number of hydrogen-bond donors (Lipinski definition) is 0. The van der Waals surface area contributed by atoms with Crippen LogP contribution in [0, 0.1) is 5.92 Å². The fourth-order valence-electron chi connectivity index (χ4n) is 2.61. The van der Waals surface area contributed by atoms with E-state index in [0.717, 1.165) is 18.7 Å². The van der Waals surface area contributed by atoms with Gasteiger partial charge in [-0.15, -0.1) is 0 Å². The Bertz CT molecular complexity index is 397. The monoisotopic (exact) mass is 268 g/mol. The molecule has 0 spiro atoms. The third-order valence-corrected chi connectivity index (χ3v) is 3.86. The lowest BCUT2D eigenvalue weighted by Crippen LogP contribution is -2.30. The Hall–Kier alpha value is -0.830. The maximum Gasteiger partial charge on any atom is 0.218 e. The third-order valence-electron chi connectivity index (χ3n) is 3.67. The van der Waals surface area contributed by atoms with Crippen LogP contribution in [0.1, 0.15) is 51.8 Å². The van der Waals surface area contributed by atoms with Gasteiger partial charge in [-0.25, -0.2) is 4.98 Å². The predicted octanol–water partition coefficient (Wildman–Crippen LogP) is 4.04. The Kier molecular flexibility index (Phi) is 4.81. The molecule has 1 aromatic rings. The molecule has 2 unspecified atom stereocenters. The summed E-state index contributed by atoms with van der Waals surface area (Å²) < 4.78 is 6.05. The molecule has 2 atom stereocenters. The van der Waals surface area contributed by atoms with Crippen LogP contribution in [0.25, 0.3) is 0 Å². The standard InChI is InChI=1S/C14H21ClN2O/c1-3-10-7-5-6-8-11(10)18-14-9-12(15)16-13(4-2)17-14/h9-11H,3-8H2,1-2H3. The summed E-state index contributed by atoms with van der Waals surface area (Å²) in [5.74, 6) is 2.04. The van der Waals surface area contributed by atoms with Crippen molar-refractivity contribution in [3.05, 3.63) is 17.0 Å². The fraction of sp³-hybridized carbons (Fsp3) is 0.714. The molecule has 2 rings (SSSR count). The first-order valence-corrected chi connectivity index (χ1v) is 7.30. The quantitative estimate of drug-likeness (QED) is 0.773. The fourth-order valence-corrected chi connectivity index (χ4v) is 2.80. The summed E-state index contributed by atoms with van der Waals surface area (Å²) in [5, 5.41) is 0.473. The summed E-state index contributed by atoms with van der Waals surface area (Å²) in [6, 6.07) is 1.72. The van der Waals surface area contributed by atoms with Crippen molar-refractivity contribution < 1.29 is 4.74 Å². The van der Waals surface area contributed by atoms with Gasteiger partial charge in [-0.3, -0.25) is 0 Å². The van der Waals surface area contributed by atoms with Crippen LogP contribution < -0.4 is 4.74 Å². The van der Waals surface area contributed by atoms with Gasteiger partial charge < -0.3 is 4.74 Å². The van der Waals surface area contributed by atoms with Crippen molar-refractivity contribution in [3.8, 4) is 5.88 Å². The molecule has 3 nitrogen and oxygen atoms in total. The van der Waals surface area contributed by atoms with E-state index in [-0.39, 0.29) is 0 Å². The average molecular weight is 269 g/mol. The molecule has 1 heterocycles. The molecule has 0 amide bonds. The van der Waals surface area contributed by atoms with Gasteiger partial charge in [0.2, 0.25) is 5.88 Å². The van der Waals surface area contributed by atoms with Gasteiger partial charge in [0.25, 0.3) is 0 Å². The molecule has 0 N–H and O–H groups in total. The lowest BCUT2D eigenvalue weighted by atomic mass is 9.85. The second-order valence-corrected chi connectivity index (χ2v) is 5.30. The Morgan fingerprint density at radius 2 is 2.06 bits per heavy atom. The average Bonchev–Trinajstić information content (AvgIpc) is 2.38. The Morgan fingerprint density at radius 3 is 2.78 bits per heavy atom. The zero-order chi connectivity index (χ0) is 13.0. The highest BCUT2D eigenvalue weighted by atomic mass is 35.5. The van der Waals surface area contributed by atoms with E-state index in [1.807, 2.05) is 6.92 Å². The van der Waals surface area contributed by atoms with Crippen molar-refractivity contribution in [2.75, 3.05) is 0 Å². The largest absolute Gasteiger partial charge is 0.474 e. The highest BCUT2D eigenvalue weighted by Crippen LogP contribution is 2.30. The van der Waals surface area contributed by atoms with Crippen LogP contribution in [0.15, 0.2) is 6.07 Å². The summed E-state index contributed by atoms with van der Waals surface area (Å²) in [6.45, 7) is 4.25. The normalized spacial score (nSPS) is 23.9. The second kappa shape index (κ2) is 6.37. The van der Waals surface area contributed by atoms with E-state index in [2.05, 4.69) is 16.9 Å². The van der Waals surface area contributed by atoms with E-state index >= 15 is 0 Å². The maximum absolute atomic E-state index is 6.05. The minimum absolute atomic E-state index is 0.291. The highest BCUT2D eigenvalue weighted by Gasteiger charge is 2.25. The van der Waals surface area contributed by atoms with Crippen molar-refractivity contribution in [1.29, 1.82) is 0 Å². The van der Waals surface area contributed by atoms with E-state index < -0.39 is 0 Å². The highest BCUT2D eigenvalue weighted by molar-refractivity contribution is 6.29. The lowest BCUT2D eigenvalue weighted by Gasteiger charge is -2.30. The molecule has 0 radical (unpaired) electrons. The first kappa shape index (κ1) is 13.6. The molecule has 0 aliphatic heterocycles. The number of aromatic nitrogens is 2. The number of halogens is 1. The predicted molar refractivity (Wildman–Crippen MR) is 73.1 cm³/mol. The van der Waals surface area contributed by atoms with Gasteiger partial charge in [0, 0.05) is 12.5 Å². The maximum atomic E-state index is 6.05. The zero-order valence-electron chi connectivity index (χ0n) is 11.2. The van der Waals surface area contributed by atoms with Crippen LogP contribution in [0.4, 0.5) is 0 Å². The van der Waals surface area contributed by atoms with Crippen LogP contribution in [0.5, 0.6) is 5.88 Å². The topological polar surface area (TPSA) is 35.0 Å². The van der Waals surface area contributed by atoms with Crippen molar-refractivity contribution in [3.63, 3.8) is 0 Å². The van der Waals surface area contributed by atoms with Crippen LogP contribution >= 0.6 is 11.6 Å². The number of nitrogens with zero attached hydrogens (tertiary/aromatic N) is 2. The second-order valence-electron chi connectivity index (χ2n) is 4.91. The minimum atomic E-state index is 0.291. The van der Waals surface area contributed by atoms with E-state index in [4.69, 9.17) is 16.3 Å². The molecular formula is C14H21ClN2O. The van der Waals surface area contributed by atoms with E-state index in [1.165, 1.54) is 25.7 Å². The van der Waals surface area contributed by atoms with Gasteiger partial charge >= 0.3 is 0 Å². The first-order chi connectivity index (χ1) is 8.72. The molecule has 1 aliphatic carbocycles. The molecule has 100 valence electrons. The molecule has 1 saturated carbocycles. The van der Waals surface area contributed by atoms with Crippen LogP contribution in [0.2, 0.25) is 5.15 Å². The van der Waals surface area contributed by atoms with Gasteiger partial charge in [0.15, 0.2) is 0 Å². The molecule has 0 bridgehead atoms. The molecule has 1 aromatic heterocycles. The van der Waals surface area contributed by atoms with Gasteiger partial charge in [0.05, 0.1) is 0 Å². The van der Waals surface area contributed by atoms with Crippen LogP contribution in [-0.2, 0) is 6.42 Å². The number of rotatable bonds is 4. The van der Waals surface area contributed by atoms with E-state index in [0.29, 0.717) is 23.1 Å². The van der Waals surface area contributed by atoms with Crippen molar-refractivity contribution in [1.82, 2.24) is 9.97 Å². The third kappa shape index (κ3) is 3.35. The number of aryl methyl sites for hydroxylation is 1. The zero-order valence-corrected chi connectivity index (χ0v) is 11.9. The van der Waals surface area contributed by atoms with E-state index in [1.54, 1.807) is 6.07 Å². The Labute approximate surface area is 114 Å². The van der Waals surface area contributed by atoms with Gasteiger partial charge in [-0.05, 0) is 31.6 Å².